The number of amides is 4. The number of likely N-dealkylation sites (tertiary alicyclic amines) is 2. The molecule has 2 saturated heterocycles. The average molecular weight is 835 g/mol. The van der Waals surface area contributed by atoms with Gasteiger partial charge in [0.1, 0.15) is 23.7 Å². The third-order valence-electron chi connectivity index (χ3n) is 11.1. The molecule has 0 bridgehead atoms. The maximum Gasteiger partial charge on any atom is 0.407 e. The van der Waals surface area contributed by atoms with Gasteiger partial charge in [-0.25, -0.2) is 19.6 Å². The zero-order valence-electron chi connectivity index (χ0n) is 33.2. The number of nitrogens with zero attached hydrogens (tertiary/aromatic N) is 4. The Morgan fingerprint density at radius 2 is 1.25 bits per heavy atom. The van der Waals surface area contributed by atoms with Crippen LogP contribution < -0.4 is 10.6 Å². The van der Waals surface area contributed by atoms with Crippen molar-refractivity contribution < 1.29 is 28.7 Å². The standard InChI is InChI=1S/C43H46N8O6S2/c1-24(2)36(48-42(54)56-3)40(52)50-18-8-13-31(50)39-45-23-29(47-39)33-21-35-34(59-33)20-32(58-35)26-16-14-25(15-17-26)28-22-44-38(46-28)30-12-9-19-51(30)41(53)37(49-43(55)57-4)27-10-6-5-7-11-27/h5-7,10-11,14-17,20-24,30-31,36-37H,8-9,12-13,18-19H2,1-4H3,(H,44,46)(H,45,47)(H,48,54)(H,49,55)/t30-,31-,36-,37+/m0/s1. The zero-order valence-corrected chi connectivity index (χ0v) is 34.8. The van der Waals surface area contributed by atoms with Crippen molar-refractivity contribution in [3.63, 3.8) is 0 Å². The molecule has 14 nitrogen and oxygen atoms in total. The summed E-state index contributed by atoms with van der Waals surface area (Å²) in [6, 6.07) is 20.0. The van der Waals surface area contributed by atoms with Gasteiger partial charge < -0.3 is 39.9 Å². The fourth-order valence-electron chi connectivity index (χ4n) is 7.99. The van der Waals surface area contributed by atoms with Gasteiger partial charge in [0.05, 0.1) is 55.0 Å². The van der Waals surface area contributed by atoms with Gasteiger partial charge in [-0.1, -0.05) is 68.4 Å². The highest BCUT2D eigenvalue weighted by atomic mass is 32.1. The number of rotatable bonds is 11. The Hall–Kier alpha value is -6.00. The number of H-pyrrole nitrogens is 2. The normalized spacial score (nSPS) is 17.6. The first-order valence-corrected chi connectivity index (χ1v) is 21.3. The van der Waals surface area contributed by atoms with Crippen molar-refractivity contribution in [3.8, 4) is 32.3 Å². The summed E-state index contributed by atoms with van der Waals surface area (Å²) in [7, 11) is 2.58. The fourth-order valence-corrected chi connectivity index (χ4v) is 10.4. The topological polar surface area (TPSA) is 175 Å². The second kappa shape index (κ2) is 17.1. The smallest absolute Gasteiger partial charge is 0.407 e. The van der Waals surface area contributed by atoms with Gasteiger partial charge in [0.15, 0.2) is 0 Å². The Morgan fingerprint density at radius 3 is 1.88 bits per heavy atom. The molecular weight excluding hydrogens is 789 g/mol. The largest absolute Gasteiger partial charge is 0.453 e. The lowest BCUT2D eigenvalue weighted by molar-refractivity contribution is -0.135. The van der Waals surface area contributed by atoms with Crippen LogP contribution in [0.15, 0.2) is 79.1 Å². The molecule has 0 aliphatic carbocycles. The van der Waals surface area contributed by atoms with Crippen molar-refractivity contribution in [1.29, 1.82) is 0 Å². The second-order valence-electron chi connectivity index (χ2n) is 15.1. The van der Waals surface area contributed by atoms with E-state index in [1.54, 1.807) is 27.6 Å². The summed E-state index contributed by atoms with van der Waals surface area (Å²) in [5, 5.41) is 5.42. The van der Waals surface area contributed by atoms with E-state index in [-0.39, 0.29) is 29.8 Å². The highest BCUT2D eigenvalue weighted by Gasteiger charge is 2.39. The van der Waals surface area contributed by atoms with Gasteiger partial charge in [0, 0.05) is 27.4 Å². The average Bonchev–Trinajstić information content (AvgIpc) is 4.10. The summed E-state index contributed by atoms with van der Waals surface area (Å²) in [5.74, 6) is 1.01. The Kier molecular flexibility index (Phi) is 11.5. The van der Waals surface area contributed by atoms with Crippen molar-refractivity contribution >= 4 is 56.1 Å². The Morgan fingerprint density at radius 1 is 0.712 bits per heavy atom. The van der Waals surface area contributed by atoms with Crippen molar-refractivity contribution in [2.24, 2.45) is 5.92 Å². The van der Waals surface area contributed by atoms with Gasteiger partial charge in [-0.3, -0.25) is 9.59 Å². The number of carbonyl (C=O) groups excluding carboxylic acids is 4. The Balaban J connectivity index is 0.935. The van der Waals surface area contributed by atoms with Crippen molar-refractivity contribution in [3.05, 3.63) is 96.3 Å². The molecule has 6 heterocycles. The van der Waals surface area contributed by atoms with Crippen LogP contribution in [0.1, 0.15) is 74.9 Å². The molecule has 0 unspecified atom stereocenters. The quantitative estimate of drug-likeness (QED) is 0.101. The Labute approximate surface area is 349 Å². The Bertz CT molecular complexity index is 2420. The lowest BCUT2D eigenvalue weighted by Gasteiger charge is -2.30. The number of aromatic amines is 2. The molecule has 16 heteroatoms. The van der Waals surface area contributed by atoms with Gasteiger partial charge in [-0.05, 0) is 60.4 Å². The highest BCUT2D eigenvalue weighted by molar-refractivity contribution is 7.31. The first-order chi connectivity index (χ1) is 28.6. The third-order valence-corrected chi connectivity index (χ3v) is 13.4. The molecule has 8 rings (SSSR count). The van der Waals surface area contributed by atoms with E-state index in [2.05, 4.69) is 57.0 Å². The number of methoxy groups -OCH3 is 2. The molecule has 0 saturated carbocycles. The first-order valence-electron chi connectivity index (χ1n) is 19.7. The van der Waals surface area contributed by atoms with E-state index in [1.165, 1.54) is 23.6 Å². The lowest BCUT2D eigenvalue weighted by Crippen LogP contribution is -2.51. The lowest BCUT2D eigenvalue weighted by atomic mass is 10.0. The fraction of sp³-hybridized carbons (Fsp3) is 0.349. The molecule has 4 N–H and O–H groups in total. The number of benzene rings is 2. The maximum absolute atomic E-state index is 13.9. The number of imidazole rings is 2. The molecule has 6 aromatic rings. The van der Waals surface area contributed by atoms with E-state index >= 15 is 0 Å². The molecule has 306 valence electrons. The van der Waals surface area contributed by atoms with E-state index < -0.39 is 24.3 Å². The summed E-state index contributed by atoms with van der Waals surface area (Å²) in [5.41, 5.74) is 4.54. The van der Waals surface area contributed by atoms with Crippen LogP contribution in [0.25, 0.3) is 41.7 Å². The molecule has 0 radical (unpaired) electrons. The van der Waals surface area contributed by atoms with E-state index in [1.807, 2.05) is 61.5 Å². The molecule has 4 atom stereocenters. The van der Waals surface area contributed by atoms with Gasteiger partial charge in [-0.2, -0.15) is 0 Å². The number of aromatic nitrogens is 4. The number of nitrogens with one attached hydrogen (secondary N) is 4. The van der Waals surface area contributed by atoms with E-state index in [0.717, 1.165) is 63.8 Å². The van der Waals surface area contributed by atoms with Crippen LogP contribution in [-0.2, 0) is 19.1 Å². The van der Waals surface area contributed by atoms with Crippen molar-refractivity contribution in [1.82, 2.24) is 40.4 Å². The molecule has 2 aromatic carbocycles. The summed E-state index contributed by atoms with van der Waals surface area (Å²) >= 11 is 3.43. The minimum atomic E-state index is -0.877. The number of ether oxygens (including phenoxy) is 2. The highest BCUT2D eigenvalue weighted by Crippen LogP contribution is 2.42. The van der Waals surface area contributed by atoms with Crippen LogP contribution in [0.2, 0.25) is 0 Å². The van der Waals surface area contributed by atoms with Crippen LogP contribution in [0, 0.1) is 5.92 Å². The second-order valence-corrected chi connectivity index (χ2v) is 17.3. The molecule has 2 aliphatic rings. The summed E-state index contributed by atoms with van der Waals surface area (Å²) < 4.78 is 12.0. The van der Waals surface area contributed by atoms with Crippen molar-refractivity contribution in [2.45, 2.75) is 63.7 Å². The molecule has 4 aromatic heterocycles. The van der Waals surface area contributed by atoms with E-state index in [4.69, 9.17) is 19.4 Å². The maximum atomic E-state index is 13.9. The SMILES string of the molecule is COC(=O)N[C@H](C(=O)N1CCC[C@H]1c1ncc(-c2cc3sc(-c4ccc(-c5cnc([C@@H]6CCCN6C(=O)[C@H](NC(=O)OC)c6ccccc6)[nH]5)cc4)cc3s2)[nH]1)C(C)C. The zero-order chi connectivity index (χ0) is 41.2. The predicted octanol–water partition coefficient (Wildman–Crippen LogP) is 8.21. The van der Waals surface area contributed by atoms with Crippen molar-refractivity contribution in [2.75, 3.05) is 27.3 Å². The number of carbonyl (C=O) groups is 4. The minimum Gasteiger partial charge on any atom is -0.453 e. The van der Waals surface area contributed by atoms with Gasteiger partial charge in [0.25, 0.3) is 5.91 Å². The third kappa shape index (κ3) is 8.19. The van der Waals surface area contributed by atoms with Gasteiger partial charge >= 0.3 is 12.2 Å². The summed E-state index contributed by atoms with van der Waals surface area (Å²) in [4.78, 5) is 73.9. The van der Waals surface area contributed by atoms with Gasteiger partial charge in [-0.15, -0.1) is 22.7 Å². The first kappa shape index (κ1) is 39.8. The molecule has 2 aliphatic heterocycles. The minimum absolute atomic E-state index is 0.102. The number of hydrogen-bond donors (Lipinski definition) is 4. The number of alkyl carbamates (subject to hydrolysis) is 2. The molecule has 59 heavy (non-hydrogen) atoms. The van der Waals surface area contributed by atoms with Crippen LogP contribution in [0.5, 0.6) is 0 Å². The van der Waals surface area contributed by atoms with E-state index in [9.17, 15) is 19.2 Å². The number of thiophene rings is 2. The molecular formula is C43H46N8O6S2. The van der Waals surface area contributed by atoms with Crippen LogP contribution in [-0.4, -0.2) is 87.1 Å². The van der Waals surface area contributed by atoms with Gasteiger partial charge in [0.2, 0.25) is 5.91 Å². The summed E-state index contributed by atoms with van der Waals surface area (Å²) in [6.45, 7) is 4.97. The molecule has 0 spiro atoms. The monoisotopic (exact) mass is 834 g/mol. The molecule has 2 fully saturated rings. The van der Waals surface area contributed by atoms with E-state index in [0.29, 0.717) is 24.5 Å². The van der Waals surface area contributed by atoms with Crippen LogP contribution in [0.3, 0.4) is 0 Å². The summed E-state index contributed by atoms with van der Waals surface area (Å²) in [6.07, 6.45) is 5.58. The van der Waals surface area contributed by atoms with Crippen LogP contribution in [0.4, 0.5) is 9.59 Å². The molecule has 4 amide bonds. The predicted molar refractivity (Wildman–Crippen MR) is 227 cm³/mol. The number of fused-ring (bicyclic) bond motifs is 1. The van der Waals surface area contributed by atoms with Crippen LogP contribution >= 0.6 is 22.7 Å². The number of hydrogen-bond acceptors (Lipinski definition) is 10.